The van der Waals surface area contributed by atoms with Gasteiger partial charge in [-0.2, -0.15) is 0 Å². The number of nitrogens with zero attached hydrogens (tertiary/aromatic N) is 1. The van der Waals surface area contributed by atoms with Gasteiger partial charge < -0.3 is 14.8 Å². The van der Waals surface area contributed by atoms with Gasteiger partial charge in [0.1, 0.15) is 17.2 Å². The molecule has 0 bridgehead atoms. The lowest BCUT2D eigenvalue weighted by molar-refractivity contribution is -0.120. The molecule has 0 unspecified atom stereocenters. The van der Waals surface area contributed by atoms with Crippen molar-refractivity contribution in [3.63, 3.8) is 0 Å². The second kappa shape index (κ2) is 9.06. The largest absolute Gasteiger partial charge is 0.497 e. The van der Waals surface area contributed by atoms with Crippen molar-refractivity contribution in [3.8, 4) is 11.5 Å². The molecule has 3 aromatic carbocycles. The van der Waals surface area contributed by atoms with Crippen LogP contribution in [0.15, 0.2) is 60.3 Å². The third kappa shape index (κ3) is 4.03. The Balaban J connectivity index is 1.90. The van der Waals surface area contributed by atoms with Crippen molar-refractivity contribution in [2.75, 3.05) is 24.4 Å². The Morgan fingerprint density at radius 1 is 0.735 bits per heavy atom. The van der Waals surface area contributed by atoms with Gasteiger partial charge in [-0.1, -0.05) is 30.3 Å². The summed E-state index contributed by atoms with van der Waals surface area (Å²) >= 11 is 0. The molecule has 1 N–H and O–H groups in total. The lowest BCUT2D eigenvalue weighted by Crippen LogP contribution is -2.33. The van der Waals surface area contributed by atoms with Gasteiger partial charge in [0.25, 0.3) is 11.8 Å². The second-order valence-electron chi connectivity index (χ2n) is 8.48. The highest BCUT2D eigenvalue weighted by Gasteiger charge is 2.41. The quantitative estimate of drug-likeness (QED) is 0.508. The van der Waals surface area contributed by atoms with Crippen LogP contribution in [0.3, 0.4) is 0 Å². The Hall–Kier alpha value is -4.06. The predicted octanol–water partition coefficient (Wildman–Crippen LogP) is 5.33. The van der Waals surface area contributed by atoms with Crippen molar-refractivity contribution < 1.29 is 19.1 Å². The summed E-state index contributed by atoms with van der Waals surface area (Å²) in [6.07, 6.45) is 0. The SMILES string of the molecule is COc1ccc(OC)c(NC2=C(c3ccc(C)c(C)c3)C(=O)N(c3cc(C)ccc3C)C2=O)c1. The third-order valence-corrected chi connectivity index (χ3v) is 6.15. The Bertz CT molecular complexity index is 1340. The van der Waals surface area contributed by atoms with Crippen LogP contribution in [0.5, 0.6) is 11.5 Å². The molecule has 6 nitrogen and oxygen atoms in total. The summed E-state index contributed by atoms with van der Waals surface area (Å²) in [4.78, 5) is 28.8. The zero-order chi connectivity index (χ0) is 24.6. The van der Waals surface area contributed by atoms with Gasteiger partial charge in [-0.05, 0) is 73.7 Å². The summed E-state index contributed by atoms with van der Waals surface area (Å²) in [6.45, 7) is 7.83. The predicted molar refractivity (Wildman–Crippen MR) is 134 cm³/mol. The van der Waals surface area contributed by atoms with Crippen molar-refractivity contribution in [1.29, 1.82) is 0 Å². The molecular weight excluding hydrogens is 428 g/mol. The van der Waals surface area contributed by atoms with Crippen LogP contribution < -0.4 is 19.7 Å². The molecular formula is C28H28N2O4. The number of aryl methyl sites for hydroxylation is 4. The number of nitrogens with one attached hydrogen (secondary N) is 1. The van der Waals surface area contributed by atoms with Crippen molar-refractivity contribution >= 4 is 28.8 Å². The number of benzene rings is 3. The van der Waals surface area contributed by atoms with E-state index < -0.39 is 5.91 Å². The van der Waals surface area contributed by atoms with E-state index >= 15 is 0 Å². The number of ether oxygens (including phenoxy) is 2. The number of hydrogen-bond acceptors (Lipinski definition) is 5. The third-order valence-electron chi connectivity index (χ3n) is 6.15. The fourth-order valence-corrected chi connectivity index (χ4v) is 4.04. The summed E-state index contributed by atoms with van der Waals surface area (Å²) in [7, 11) is 3.12. The van der Waals surface area contributed by atoms with Crippen LogP contribution in [0, 0.1) is 27.7 Å². The maximum atomic E-state index is 13.8. The first-order valence-corrected chi connectivity index (χ1v) is 11.0. The number of anilines is 2. The van der Waals surface area contributed by atoms with E-state index in [2.05, 4.69) is 5.32 Å². The van der Waals surface area contributed by atoms with E-state index in [9.17, 15) is 9.59 Å². The smallest absolute Gasteiger partial charge is 0.282 e. The Morgan fingerprint density at radius 3 is 2.15 bits per heavy atom. The van der Waals surface area contributed by atoms with Crippen LogP contribution in [-0.4, -0.2) is 26.0 Å². The summed E-state index contributed by atoms with van der Waals surface area (Å²) in [5, 5.41) is 3.19. The molecule has 0 saturated heterocycles. The number of methoxy groups -OCH3 is 2. The minimum absolute atomic E-state index is 0.195. The van der Waals surface area contributed by atoms with E-state index in [0.717, 1.165) is 22.3 Å². The van der Waals surface area contributed by atoms with Gasteiger partial charge in [-0.15, -0.1) is 0 Å². The van der Waals surface area contributed by atoms with E-state index in [4.69, 9.17) is 9.47 Å². The zero-order valence-corrected chi connectivity index (χ0v) is 20.3. The molecule has 6 heteroatoms. The summed E-state index contributed by atoms with van der Waals surface area (Å²) in [6, 6.07) is 16.8. The molecule has 1 heterocycles. The van der Waals surface area contributed by atoms with Gasteiger partial charge in [0.2, 0.25) is 0 Å². The lowest BCUT2D eigenvalue weighted by atomic mass is 9.99. The lowest BCUT2D eigenvalue weighted by Gasteiger charge is -2.19. The molecule has 1 aliphatic rings. The molecule has 0 fully saturated rings. The molecule has 0 aromatic heterocycles. The number of rotatable bonds is 6. The van der Waals surface area contributed by atoms with Crippen LogP contribution in [0.25, 0.3) is 5.57 Å². The highest BCUT2D eigenvalue weighted by atomic mass is 16.5. The number of carbonyl (C=O) groups excluding carboxylic acids is 2. The summed E-state index contributed by atoms with van der Waals surface area (Å²) in [5.41, 5.74) is 6.24. The minimum Gasteiger partial charge on any atom is -0.497 e. The first-order chi connectivity index (χ1) is 16.2. The summed E-state index contributed by atoms with van der Waals surface area (Å²) in [5.74, 6) is 0.334. The normalized spacial score (nSPS) is 13.5. The highest BCUT2D eigenvalue weighted by molar-refractivity contribution is 6.46. The van der Waals surface area contributed by atoms with E-state index in [1.807, 2.05) is 64.1 Å². The molecule has 0 aliphatic carbocycles. The molecule has 3 aromatic rings. The molecule has 34 heavy (non-hydrogen) atoms. The Kier molecular flexibility index (Phi) is 6.16. The standard InChI is InChI=1S/C28H28N2O4/c1-16-7-8-18(3)23(13-16)30-27(31)25(20-10-9-17(2)19(4)14-20)26(28(30)32)29-22-15-21(33-5)11-12-24(22)34-6/h7-15,29H,1-6H3. The molecule has 1 aliphatic heterocycles. The van der Waals surface area contributed by atoms with E-state index in [1.165, 1.54) is 4.90 Å². The molecule has 4 rings (SSSR count). The van der Waals surface area contributed by atoms with Crippen LogP contribution in [0.1, 0.15) is 27.8 Å². The second-order valence-corrected chi connectivity index (χ2v) is 8.48. The van der Waals surface area contributed by atoms with E-state index in [-0.39, 0.29) is 11.6 Å². The fraction of sp³-hybridized carbons (Fsp3) is 0.214. The van der Waals surface area contributed by atoms with Crippen molar-refractivity contribution in [2.24, 2.45) is 0 Å². The van der Waals surface area contributed by atoms with Crippen LogP contribution in [-0.2, 0) is 9.59 Å². The number of imide groups is 1. The van der Waals surface area contributed by atoms with Gasteiger partial charge in [-0.3, -0.25) is 9.59 Å². The molecule has 0 saturated carbocycles. The van der Waals surface area contributed by atoms with Gasteiger partial charge in [0, 0.05) is 6.07 Å². The fourth-order valence-electron chi connectivity index (χ4n) is 4.04. The monoisotopic (exact) mass is 456 g/mol. The maximum absolute atomic E-state index is 13.8. The topological polar surface area (TPSA) is 67.9 Å². The zero-order valence-electron chi connectivity index (χ0n) is 20.3. The van der Waals surface area contributed by atoms with Crippen LogP contribution >= 0.6 is 0 Å². The Labute approximate surface area is 199 Å². The van der Waals surface area contributed by atoms with Crippen molar-refractivity contribution in [3.05, 3.63) is 88.1 Å². The molecule has 2 amide bonds. The summed E-state index contributed by atoms with van der Waals surface area (Å²) < 4.78 is 10.8. The number of carbonyl (C=O) groups is 2. The van der Waals surface area contributed by atoms with E-state index in [0.29, 0.717) is 34.0 Å². The maximum Gasteiger partial charge on any atom is 0.282 e. The van der Waals surface area contributed by atoms with Gasteiger partial charge in [-0.25, -0.2) is 4.90 Å². The average molecular weight is 457 g/mol. The number of amides is 2. The molecule has 0 atom stereocenters. The minimum atomic E-state index is -0.420. The average Bonchev–Trinajstić information content (AvgIpc) is 3.06. The molecule has 0 spiro atoms. The van der Waals surface area contributed by atoms with Gasteiger partial charge in [0.05, 0.1) is 31.2 Å². The van der Waals surface area contributed by atoms with Crippen molar-refractivity contribution in [2.45, 2.75) is 27.7 Å². The van der Waals surface area contributed by atoms with Crippen LogP contribution in [0.2, 0.25) is 0 Å². The molecule has 174 valence electrons. The first-order valence-electron chi connectivity index (χ1n) is 11.0. The van der Waals surface area contributed by atoms with Gasteiger partial charge in [0.15, 0.2) is 0 Å². The first kappa shape index (κ1) is 23.1. The Morgan fingerprint density at radius 2 is 1.47 bits per heavy atom. The number of hydrogen-bond donors (Lipinski definition) is 1. The van der Waals surface area contributed by atoms with Crippen molar-refractivity contribution in [1.82, 2.24) is 0 Å². The van der Waals surface area contributed by atoms with E-state index in [1.54, 1.807) is 32.4 Å². The highest BCUT2D eigenvalue weighted by Crippen LogP contribution is 2.38. The molecule has 0 radical (unpaired) electrons. The van der Waals surface area contributed by atoms with Gasteiger partial charge >= 0.3 is 0 Å². The van der Waals surface area contributed by atoms with Crippen LogP contribution in [0.4, 0.5) is 11.4 Å².